The van der Waals surface area contributed by atoms with Crippen molar-refractivity contribution in [2.24, 2.45) is 0 Å². The average molecular weight is 516 g/mol. The summed E-state index contributed by atoms with van der Waals surface area (Å²) in [6, 6.07) is 11.0. The number of hydrogen-bond acceptors (Lipinski definition) is 6. The van der Waals surface area contributed by atoms with Gasteiger partial charge < -0.3 is 4.42 Å². The van der Waals surface area contributed by atoms with Crippen LogP contribution in [0.4, 0.5) is 13.2 Å². The summed E-state index contributed by atoms with van der Waals surface area (Å²) in [5.41, 5.74) is 1.35. The number of likely N-dealkylation sites (tertiary alicyclic amines) is 1. The third kappa shape index (κ3) is 5.92. The highest BCUT2D eigenvalue weighted by Crippen LogP contribution is 2.31. The van der Waals surface area contributed by atoms with Gasteiger partial charge in [-0.15, -0.1) is 5.10 Å². The van der Waals surface area contributed by atoms with Gasteiger partial charge in [0, 0.05) is 17.7 Å². The fraction of sp³-hybridized carbons (Fsp3) is 0.423. The first kappa shape index (κ1) is 24.8. The van der Waals surface area contributed by atoms with Crippen LogP contribution in [0.1, 0.15) is 47.9 Å². The second-order valence-electron chi connectivity index (χ2n) is 9.11. The number of aryl methyl sites for hydroxylation is 2. The summed E-state index contributed by atoms with van der Waals surface area (Å²) in [4.78, 5) is 11.4. The summed E-state index contributed by atoms with van der Waals surface area (Å²) in [6.07, 6.45) is -0.224. The number of furan rings is 1. The van der Waals surface area contributed by atoms with Gasteiger partial charge in [0.2, 0.25) is 0 Å². The van der Waals surface area contributed by atoms with Crippen LogP contribution in [0, 0.1) is 6.92 Å². The van der Waals surface area contributed by atoms with Gasteiger partial charge in [-0.2, -0.15) is 34.4 Å². The summed E-state index contributed by atoms with van der Waals surface area (Å²) in [5, 5.41) is 4.60. The lowest BCUT2D eigenvalue weighted by Crippen LogP contribution is -2.17. The molecule has 3 aromatic heterocycles. The van der Waals surface area contributed by atoms with E-state index in [4.69, 9.17) is 4.42 Å². The van der Waals surface area contributed by atoms with E-state index in [1.165, 1.54) is 25.0 Å². The summed E-state index contributed by atoms with van der Waals surface area (Å²) in [7, 11) is 0. The number of alkyl halides is 3. The molecular formula is C26H28F3N5OS. The molecule has 1 aliphatic heterocycles. The van der Waals surface area contributed by atoms with Crippen molar-refractivity contribution in [3.63, 3.8) is 0 Å². The van der Waals surface area contributed by atoms with E-state index in [2.05, 4.69) is 32.1 Å². The first-order valence-corrected chi connectivity index (χ1v) is 13.3. The molecule has 1 fully saturated rings. The van der Waals surface area contributed by atoms with Crippen molar-refractivity contribution in [2.45, 2.75) is 51.1 Å². The Bertz CT molecular complexity index is 1310. The molecule has 0 spiro atoms. The zero-order valence-electron chi connectivity index (χ0n) is 20.1. The molecule has 1 aromatic carbocycles. The number of halogens is 3. The molecule has 0 aliphatic carbocycles. The molecule has 10 heteroatoms. The first-order chi connectivity index (χ1) is 17.3. The summed E-state index contributed by atoms with van der Waals surface area (Å²) in [6.45, 7) is 5.04. The van der Waals surface area contributed by atoms with E-state index in [1.54, 1.807) is 4.52 Å². The molecule has 1 saturated heterocycles. The summed E-state index contributed by atoms with van der Waals surface area (Å²) >= 11 is 1.82. The molecular weight excluding hydrogens is 487 g/mol. The highest BCUT2D eigenvalue weighted by Gasteiger charge is 2.30. The number of aromatic nitrogens is 4. The van der Waals surface area contributed by atoms with Gasteiger partial charge in [0.05, 0.1) is 23.6 Å². The molecule has 4 heterocycles. The molecule has 0 saturated carbocycles. The Kier molecular flexibility index (Phi) is 7.34. The molecule has 0 radical (unpaired) electrons. The van der Waals surface area contributed by atoms with E-state index in [1.807, 2.05) is 24.8 Å². The highest BCUT2D eigenvalue weighted by atomic mass is 32.2. The van der Waals surface area contributed by atoms with Crippen LogP contribution in [0.15, 0.2) is 46.9 Å². The van der Waals surface area contributed by atoms with E-state index in [9.17, 15) is 13.2 Å². The zero-order chi connectivity index (χ0) is 25.1. The lowest BCUT2D eigenvalue weighted by Gasteiger charge is -2.11. The van der Waals surface area contributed by atoms with E-state index in [-0.39, 0.29) is 0 Å². The third-order valence-corrected chi connectivity index (χ3v) is 7.29. The SMILES string of the molecule is Cc1cc(-c2ccc(C(F)(F)F)cc2)n2nc(CCCSCc3ccc(CN4CCCC4)o3)nc2n1. The minimum absolute atomic E-state index is 0.452. The maximum atomic E-state index is 12.9. The van der Waals surface area contributed by atoms with Crippen molar-refractivity contribution in [1.82, 2.24) is 24.5 Å². The first-order valence-electron chi connectivity index (χ1n) is 12.1. The molecule has 190 valence electrons. The molecule has 36 heavy (non-hydrogen) atoms. The Morgan fingerprint density at radius 2 is 1.75 bits per heavy atom. The van der Waals surface area contributed by atoms with Crippen LogP contribution in [-0.4, -0.2) is 43.3 Å². The Morgan fingerprint density at radius 1 is 1.00 bits per heavy atom. The molecule has 0 atom stereocenters. The zero-order valence-corrected chi connectivity index (χ0v) is 20.9. The lowest BCUT2D eigenvalue weighted by atomic mass is 10.1. The summed E-state index contributed by atoms with van der Waals surface area (Å²) in [5.74, 6) is 4.93. The van der Waals surface area contributed by atoms with Crippen LogP contribution < -0.4 is 0 Å². The molecule has 0 N–H and O–H groups in total. The monoisotopic (exact) mass is 515 g/mol. The Labute approximate surface area is 211 Å². The van der Waals surface area contributed by atoms with Crippen molar-refractivity contribution in [2.75, 3.05) is 18.8 Å². The number of nitrogens with zero attached hydrogens (tertiary/aromatic N) is 5. The van der Waals surface area contributed by atoms with Crippen molar-refractivity contribution in [1.29, 1.82) is 0 Å². The molecule has 0 amide bonds. The molecule has 5 rings (SSSR count). The van der Waals surface area contributed by atoms with Gasteiger partial charge >= 0.3 is 6.18 Å². The average Bonchev–Trinajstić information content (AvgIpc) is 3.60. The quantitative estimate of drug-likeness (QED) is 0.248. The van der Waals surface area contributed by atoms with Gasteiger partial charge in [0.1, 0.15) is 11.5 Å². The smallest absolute Gasteiger partial charge is 0.416 e. The second-order valence-corrected chi connectivity index (χ2v) is 10.2. The number of hydrogen-bond donors (Lipinski definition) is 0. The minimum atomic E-state index is -4.37. The van der Waals surface area contributed by atoms with E-state index >= 15 is 0 Å². The van der Waals surface area contributed by atoms with Crippen molar-refractivity contribution < 1.29 is 17.6 Å². The van der Waals surface area contributed by atoms with E-state index < -0.39 is 11.7 Å². The second kappa shape index (κ2) is 10.6. The minimum Gasteiger partial charge on any atom is -0.464 e. The number of benzene rings is 1. The summed E-state index contributed by atoms with van der Waals surface area (Å²) < 4.78 is 46.4. The van der Waals surface area contributed by atoms with Gasteiger partial charge in [0.15, 0.2) is 5.82 Å². The third-order valence-electron chi connectivity index (χ3n) is 6.22. The standard InChI is InChI=1S/C26H28F3N5OS/c1-18-15-23(19-6-8-20(9-7-19)26(27,28)29)34-25(30-18)31-24(32-34)5-4-14-36-17-22-11-10-21(35-22)16-33-12-2-3-13-33/h6-11,15H,2-5,12-14,16-17H2,1H3. The van der Waals surface area contributed by atoms with Crippen LogP contribution in [0.3, 0.4) is 0 Å². The Hall–Kier alpha value is -2.85. The van der Waals surface area contributed by atoms with E-state index in [0.717, 1.165) is 66.9 Å². The van der Waals surface area contributed by atoms with Gasteiger partial charge in [-0.1, -0.05) is 12.1 Å². The normalized spacial score (nSPS) is 14.8. The van der Waals surface area contributed by atoms with Gasteiger partial charge in [-0.3, -0.25) is 4.90 Å². The topological polar surface area (TPSA) is 59.5 Å². The number of thioether (sulfide) groups is 1. The Balaban J connectivity index is 1.17. The maximum Gasteiger partial charge on any atom is 0.416 e. The van der Waals surface area contributed by atoms with Crippen LogP contribution in [-0.2, 0) is 24.9 Å². The fourth-order valence-corrected chi connectivity index (χ4v) is 5.27. The predicted molar refractivity (Wildman–Crippen MR) is 134 cm³/mol. The van der Waals surface area contributed by atoms with Gasteiger partial charge in [-0.25, -0.2) is 4.98 Å². The Morgan fingerprint density at radius 3 is 2.50 bits per heavy atom. The largest absolute Gasteiger partial charge is 0.464 e. The van der Waals surface area contributed by atoms with Crippen LogP contribution in [0.5, 0.6) is 0 Å². The maximum absolute atomic E-state index is 12.9. The van der Waals surface area contributed by atoms with Crippen LogP contribution in [0.2, 0.25) is 0 Å². The predicted octanol–water partition coefficient (Wildman–Crippen LogP) is 6.17. The van der Waals surface area contributed by atoms with E-state index in [0.29, 0.717) is 29.3 Å². The molecule has 6 nitrogen and oxygen atoms in total. The van der Waals surface area contributed by atoms with Gasteiger partial charge in [0.25, 0.3) is 5.78 Å². The fourth-order valence-electron chi connectivity index (χ4n) is 4.42. The van der Waals surface area contributed by atoms with Crippen molar-refractivity contribution in [3.05, 3.63) is 71.1 Å². The molecule has 1 aliphatic rings. The molecule has 0 unspecified atom stereocenters. The van der Waals surface area contributed by atoms with Crippen molar-refractivity contribution in [3.8, 4) is 11.3 Å². The molecule has 4 aromatic rings. The van der Waals surface area contributed by atoms with Crippen LogP contribution in [0.25, 0.3) is 17.0 Å². The highest BCUT2D eigenvalue weighted by molar-refractivity contribution is 7.98. The number of rotatable bonds is 9. The van der Waals surface area contributed by atoms with Crippen LogP contribution >= 0.6 is 11.8 Å². The van der Waals surface area contributed by atoms with Gasteiger partial charge in [-0.05, 0) is 75.4 Å². The lowest BCUT2D eigenvalue weighted by molar-refractivity contribution is -0.137. The van der Waals surface area contributed by atoms with Crippen molar-refractivity contribution >= 4 is 17.5 Å². The number of fused-ring (bicyclic) bond motifs is 1. The molecule has 0 bridgehead atoms.